The number of methoxy groups -OCH3 is 1. The minimum atomic E-state index is -0.615. The number of rotatable bonds is 8. The van der Waals surface area contributed by atoms with E-state index in [0.717, 1.165) is 4.88 Å². The van der Waals surface area contributed by atoms with E-state index in [-0.39, 0.29) is 12.4 Å². The minimum Gasteiger partial charge on any atom is -0.493 e. The van der Waals surface area contributed by atoms with E-state index in [9.17, 15) is 9.59 Å². The van der Waals surface area contributed by atoms with Crippen LogP contribution in [0.3, 0.4) is 0 Å². The minimum absolute atomic E-state index is 0.226. The van der Waals surface area contributed by atoms with Crippen LogP contribution in [-0.2, 0) is 9.53 Å². The molecule has 0 saturated carbocycles. The lowest BCUT2D eigenvalue weighted by molar-refractivity contribution is -0.136. The summed E-state index contributed by atoms with van der Waals surface area (Å²) in [6.07, 6.45) is 2.77. The van der Waals surface area contributed by atoms with E-state index in [1.807, 2.05) is 19.9 Å². The highest BCUT2D eigenvalue weighted by Gasteiger charge is 2.12. The van der Waals surface area contributed by atoms with Crippen LogP contribution in [0.15, 0.2) is 30.3 Å². The van der Waals surface area contributed by atoms with Crippen LogP contribution in [-0.4, -0.2) is 32.1 Å². The van der Waals surface area contributed by atoms with Crippen molar-refractivity contribution in [1.29, 1.82) is 0 Å². The van der Waals surface area contributed by atoms with E-state index in [4.69, 9.17) is 25.8 Å². The number of ketones is 1. The van der Waals surface area contributed by atoms with Crippen molar-refractivity contribution in [2.45, 2.75) is 13.8 Å². The summed E-state index contributed by atoms with van der Waals surface area (Å²) in [4.78, 5) is 25.3. The molecule has 0 aliphatic rings. The number of carbonyl (C=O) groups is 2. The molecule has 0 atom stereocenters. The molecule has 26 heavy (non-hydrogen) atoms. The van der Waals surface area contributed by atoms with Crippen molar-refractivity contribution >= 4 is 40.8 Å². The molecule has 0 aliphatic carbocycles. The Hall–Kier alpha value is -2.31. The lowest BCUT2D eigenvalue weighted by atomic mass is 10.2. The molecule has 0 spiro atoms. The zero-order valence-corrected chi connectivity index (χ0v) is 16.3. The van der Waals surface area contributed by atoms with Crippen molar-refractivity contribution in [2.24, 2.45) is 0 Å². The third-order valence-electron chi connectivity index (χ3n) is 3.31. The summed E-state index contributed by atoms with van der Waals surface area (Å²) in [5, 5.41) is 0.377. The zero-order chi connectivity index (χ0) is 19.1. The highest BCUT2D eigenvalue weighted by molar-refractivity contribution is 7.14. The molecular weight excluding hydrogens is 376 g/mol. The molecule has 138 valence electrons. The largest absolute Gasteiger partial charge is 0.493 e. The standard InChI is InChI=1S/C19H19ClO5S/c1-4-24-19-14(20)9-13(10-16(19)23-3)6-8-18(22)25-11-15(21)17-7-5-12(2)26-17/h5-10H,4,11H2,1-3H3/b8-6+. The molecule has 0 aliphatic heterocycles. The average molecular weight is 395 g/mol. The first-order valence-electron chi connectivity index (χ1n) is 7.89. The van der Waals surface area contributed by atoms with Crippen LogP contribution in [0.4, 0.5) is 0 Å². The molecular formula is C19H19ClO5S. The number of hydrogen-bond donors (Lipinski definition) is 0. The van der Waals surface area contributed by atoms with Crippen molar-refractivity contribution in [1.82, 2.24) is 0 Å². The zero-order valence-electron chi connectivity index (χ0n) is 14.7. The fourth-order valence-corrected chi connectivity index (χ4v) is 3.19. The number of Topliss-reactive ketones (excluding diaryl/α,β-unsaturated/α-hetero) is 1. The summed E-state index contributed by atoms with van der Waals surface area (Å²) < 4.78 is 15.7. The van der Waals surface area contributed by atoms with Gasteiger partial charge in [0.05, 0.1) is 23.6 Å². The Morgan fingerprint density at radius 2 is 2.04 bits per heavy atom. The lowest BCUT2D eigenvalue weighted by Gasteiger charge is -2.11. The van der Waals surface area contributed by atoms with Crippen molar-refractivity contribution in [3.05, 3.63) is 50.7 Å². The second-order valence-electron chi connectivity index (χ2n) is 5.24. The smallest absolute Gasteiger partial charge is 0.331 e. The molecule has 0 bridgehead atoms. The monoisotopic (exact) mass is 394 g/mol. The van der Waals surface area contributed by atoms with E-state index < -0.39 is 5.97 Å². The summed E-state index contributed by atoms with van der Waals surface area (Å²) >= 11 is 7.55. The maximum atomic E-state index is 11.9. The first-order valence-corrected chi connectivity index (χ1v) is 9.08. The van der Waals surface area contributed by atoms with E-state index in [2.05, 4.69) is 0 Å². The number of thiophene rings is 1. The number of benzene rings is 1. The van der Waals surface area contributed by atoms with Crippen LogP contribution >= 0.6 is 22.9 Å². The van der Waals surface area contributed by atoms with Gasteiger partial charge < -0.3 is 14.2 Å². The third kappa shape index (κ3) is 5.34. The lowest BCUT2D eigenvalue weighted by Crippen LogP contribution is -2.11. The van der Waals surface area contributed by atoms with Crippen molar-refractivity contribution in [3.8, 4) is 11.5 Å². The van der Waals surface area contributed by atoms with Gasteiger partial charge in [0, 0.05) is 11.0 Å². The maximum Gasteiger partial charge on any atom is 0.331 e. The van der Waals surface area contributed by atoms with Gasteiger partial charge in [-0.05, 0) is 49.8 Å². The van der Waals surface area contributed by atoms with Gasteiger partial charge in [-0.2, -0.15) is 0 Å². The van der Waals surface area contributed by atoms with E-state index in [0.29, 0.717) is 33.6 Å². The molecule has 0 unspecified atom stereocenters. The number of ether oxygens (including phenoxy) is 3. The molecule has 1 heterocycles. The number of esters is 1. The van der Waals surface area contributed by atoms with Gasteiger partial charge in [0.15, 0.2) is 18.1 Å². The van der Waals surface area contributed by atoms with Crippen molar-refractivity contribution < 1.29 is 23.8 Å². The fourth-order valence-electron chi connectivity index (χ4n) is 2.12. The van der Waals surface area contributed by atoms with Crippen LogP contribution in [0.1, 0.15) is 27.0 Å². The Bertz CT molecular complexity index is 825. The Morgan fingerprint density at radius 3 is 2.65 bits per heavy atom. The summed E-state index contributed by atoms with van der Waals surface area (Å²) in [7, 11) is 1.51. The van der Waals surface area contributed by atoms with Gasteiger partial charge in [0.25, 0.3) is 0 Å². The Kier molecular flexibility index (Phi) is 7.24. The second-order valence-corrected chi connectivity index (χ2v) is 6.94. The number of halogens is 1. The third-order valence-corrected chi connectivity index (χ3v) is 4.64. The van der Waals surface area contributed by atoms with Crippen LogP contribution < -0.4 is 9.47 Å². The average Bonchev–Trinajstić information content (AvgIpc) is 3.06. The highest BCUT2D eigenvalue weighted by atomic mass is 35.5. The van der Waals surface area contributed by atoms with Gasteiger partial charge in [-0.3, -0.25) is 4.79 Å². The molecule has 1 aromatic carbocycles. The summed E-state index contributed by atoms with van der Waals surface area (Å²) in [6.45, 7) is 3.91. The van der Waals surface area contributed by atoms with Crippen LogP contribution in [0, 0.1) is 6.92 Å². The molecule has 2 aromatic rings. The Balaban J connectivity index is 1.99. The molecule has 7 heteroatoms. The van der Waals surface area contributed by atoms with Gasteiger partial charge in [-0.1, -0.05) is 11.6 Å². The Morgan fingerprint density at radius 1 is 1.27 bits per heavy atom. The summed E-state index contributed by atoms with van der Waals surface area (Å²) in [6, 6.07) is 6.92. The van der Waals surface area contributed by atoms with E-state index in [1.54, 1.807) is 18.2 Å². The van der Waals surface area contributed by atoms with Gasteiger partial charge >= 0.3 is 5.97 Å². The predicted octanol–water partition coefficient (Wildman–Crippen LogP) is 4.56. The maximum absolute atomic E-state index is 11.9. The topological polar surface area (TPSA) is 61.8 Å². The number of aryl methyl sites for hydroxylation is 1. The van der Waals surface area contributed by atoms with Crippen LogP contribution in [0.5, 0.6) is 11.5 Å². The number of carbonyl (C=O) groups excluding carboxylic acids is 2. The summed E-state index contributed by atoms with van der Waals surface area (Å²) in [5.41, 5.74) is 0.646. The van der Waals surface area contributed by atoms with Gasteiger partial charge in [-0.15, -0.1) is 11.3 Å². The quantitative estimate of drug-likeness (QED) is 0.373. The normalized spacial score (nSPS) is 10.8. The van der Waals surface area contributed by atoms with E-state index in [1.165, 1.54) is 30.6 Å². The van der Waals surface area contributed by atoms with Gasteiger partial charge in [0.1, 0.15) is 0 Å². The van der Waals surface area contributed by atoms with Crippen LogP contribution in [0.25, 0.3) is 6.08 Å². The van der Waals surface area contributed by atoms with Crippen LogP contribution in [0.2, 0.25) is 5.02 Å². The van der Waals surface area contributed by atoms with Gasteiger partial charge in [-0.25, -0.2) is 4.79 Å². The van der Waals surface area contributed by atoms with Crippen molar-refractivity contribution in [2.75, 3.05) is 20.3 Å². The fraction of sp³-hybridized carbons (Fsp3) is 0.263. The molecule has 2 rings (SSSR count). The molecule has 0 N–H and O–H groups in total. The predicted molar refractivity (Wildman–Crippen MR) is 103 cm³/mol. The van der Waals surface area contributed by atoms with Gasteiger partial charge in [0.2, 0.25) is 5.78 Å². The Labute approximate surface area is 161 Å². The first kappa shape index (κ1) is 20.0. The highest BCUT2D eigenvalue weighted by Crippen LogP contribution is 2.36. The number of hydrogen-bond acceptors (Lipinski definition) is 6. The van der Waals surface area contributed by atoms with Crippen molar-refractivity contribution in [3.63, 3.8) is 0 Å². The molecule has 0 radical (unpaired) electrons. The molecule has 0 saturated heterocycles. The molecule has 0 amide bonds. The molecule has 5 nitrogen and oxygen atoms in total. The first-order chi connectivity index (χ1) is 12.4. The molecule has 0 fully saturated rings. The summed E-state index contributed by atoms with van der Waals surface area (Å²) in [5.74, 6) is 0.0788. The van der Waals surface area contributed by atoms with E-state index >= 15 is 0 Å². The second kappa shape index (κ2) is 9.40. The SMILES string of the molecule is CCOc1c(Cl)cc(/C=C/C(=O)OCC(=O)c2ccc(C)s2)cc1OC. The molecule has 1 aromatic heterocycles.